The van der Waals surface area contributed by atoms with Crippen LogP contribution in [0.4, 0.5) is 11.4 Å². The van der Waals surface area contributed by atoms with Gasteiger partial charge in [-0.3, -0.25) is 0 Å². The van der Waals surface area contributed by atoms with Crippen molar-refractivity contribution in [3.8, 4) is 22.6 Å². The summed E-state index contributed by atoms with van der Waals surface area (Å²) in [6.07, 6.45) is 0. The van der Waals surface area contributed by atoms with Crippen molar-refractivity contribution in [3.05, 3.63) is 168 Å². The van der Waals surface area contributed by atoms with Crippen molar-refractivity contribution < 1.29 is 9.15 Å². The standard InChI is InChI=1S/C41H25NO2/c1-2-10-28-25(9-1)17-21-38-40(28)31-23-26(19-22-36(31)43-38)42-27-18-20-35-39(24-27)44-37-16-8-7-15-34(37)41(35)32-13-5-3-11-29(32)30-12-4-6-14-33(30)41/h1-24,42H. The molecule has 0 atom stereocenters. The summed E-state index contributed by atoms with van der Waals surface area (Å²) in [6.45, 7) is 0. The number of rotatable bonds is 2. The third kappa shape index (κ3) is 3.05. The Morgan fingerprint density at radius 3 is 1.93 bits per heavy atom. The highest BCUT2D eigenvalue weighted by atomic mass is 16.5. The van der Waals surface area contributed by atoms with Gasteiger partial charge in [-0.15, -0.1) is 0 Å². The lowest BCUT2D eigenvalue weighted by molar-refractivity contribution is 0.436. The topological polar surface area (TPSA) is 34.4 Å². The van der Waals surface area contributed by atoms with E-state index in [4.69, 9.17) is 9.15 Å². The van der Waals surface area contributed by atoms with Crippen LogP contribution in [-0.4, -0.2) is 0 Å². The Hall–Kier alpha value is -5.80. The van der Waals surface area contributed by atoms with Gasteiger partial charge in [0.15, 0.2) is 0 Å². The van der Waals surface area contributed by atoms with Gasteiger partial charge in [0, 0.05) is 39.3 Å². The van der Waals surface area contributed by atoms with Crippen LogP contribution in [0, 0.1) is 0 Å². The van der Waals surface area contributed by atoms with E-state index in [0.29, 0.717) is 0 Å². The van der Waals surface area contributed by atoms with E-state index in [1.807, 2.05) is 0 Å². The molecule has 0 saturated heterocycles. The Kier molecular flexibility index (Phi) is 4.65. The van der Waals surface area contributed by atoms with Gasteiger partial charge in [-0.2, -0.15) is 0 Å². The van der Waals surface area contributed by atoms with E-state index in [2.05, 4.69) is 151 Å². The van der Waals surface area contributed by atoms with E-state index in [1.54, 1.807) is 0 Å². The third-order valence-corrected chi connectivity index (χ3v) is 9.50. The van der Waals surface area contributed by atoms with Crippen molar-refractivity contribution in [2.75, 3.05) is 5.32 Å². The Labute approximate surface area is 254 Å². The van der Waals surface area contributed by atoms with Crippen molar-refractivity contribution in [2.24, 2.45) is 0 Å². The molecule has 0 fully saturated rings. The molecule has 2 aliphatic rings. The molecule has 1 N–H and O–H groups in total. The fourth-order valence-electron chi connectivity index (χ4n) is 7.73. The number of ether oxygens (including phenoxy) is 1. The van der Waals surface area contributed by atoms with Crippen LogP contribution in [0.5, 0.6) is 11.5 Å². The summed E-state index contributed by atoms with van der Waals surface area (Å²) in [4.78, 5) is 0. The number of benzene rings is 7. The Morgan fingerprint density at radius 2 is 1.09 bits per heavy atom. The monoisotopic (exact) mass is 563 g/mol. The molecule has 3 nitrogen and oxygen atoms in total. The lowest BCUT2D eigenvalue weighted by atomic mass is 9.66. The highest BCUT2D eigenvalue weighted by molar-refractivity contribution is 6.19. The van der Waals surface area contributed by atoms with Gasteiger partial charge in [0.1, 0.15) is 22.7 Å². The number of anilines is 2. The third-order valence-electron chi connectivity index (χ3n) is 9.50. The lowest BCUT2D eigenvalue weighted by Crippen LogP contribution is -2.32. The first kappa shape index (κ1) is 23.7. The summed E-state index contributed by atoms with van der Waals surface area (Å²) >= 11 is 0. The first-order chi connectivity index (χ1) is 21.8. The van der Waals surface area contributed by atoms with Gasteiger partial charge < -0.3 is 14.5 Å². The van der Waals surface area contributed by atoms with E-state index in [9.17, 15) is 0 Å². The van der Waals surface area contributed by atoms with E-state index in [-0.39, 0.29) is 0 Å². The maximum absolute atomic E-state index is 6.68. The van der Waals surface area contributed by atoms with Crippen molar-refractivity contribution in [2.45, 2.75) is 5.41 Å². The minimum absolute atomic E-state index is 0.453. The summed E-state index contributed by atoms with van der Waals surface area (Å²) in [5, 5.41) is 8.32. The molecule has 206 valence electrons. The number of hydrogen-bond donors (Lipinski definition) is 1. The Morgan fingerprint density at radius 1 is 0.455 bits per heavy atom. The number of nitrogens with one attached hydrogen (secondary N) is 1. The van der Waals surface area contributed by atoms with Crippen molar-refractivity contribution in [3.63, 3.8) is 0 Å². The maximum Gasteiger partial charge on any atom is 0.136 e. The number of hydrogen-bond acceptors (Lipinski definition) is 3. The van der Waals surface area contributed by atoms with Crippen LogP contribution < -0.4 is 10.1 Å². The van der Waals surface area contributed by atoms with Crippen LogP contribution in [0.2, 0.25) is 0 Å². The molecule has 0 bridgehead atoms. The molecule has 1 spiro atoms. The van der Waals surface area contributed by atoms with Crippen molar-refractivity contribution >= 4 is 44.1 Å². The quantitative estimate of drug-likeness (QED) is 0.227. The predicted octanol–water partition coefficient (Wildman–Crippen LogP) is 11.0. The largest absolute Gasteiger partial charge is 0.457 e. The second-order valence-corrected chi connectivity index (χ2v) is 11.7. The maximum atomic E-state index is 6.68. The smallest absolute Gasteiger partial charge is 0.136 e. The predicted molar refractivity (Wildman–Crippen MR) is 178 cm³/mol. The SMILES string of the molecule is c1ccc2c(c1)Oc1cc(Nc3ccc4oc5ccc6ccccc6c5c4c3)ccc1C21c2ccccc2-c2ccccc21. The number of furan rings is 1. The number of para-hydroxylation sites is 1. The molecule has 2 heterocycles. The van der Waals surface area contributed by atoms with Crippen molar-refractivity contribution in [1.29, 1.82) is 0 Å². The molecule has 44 heavy (non-hydrogen) atoms. The van der Waals surface area contributed by atoms with Gasteiger partial charge in [-0.1, -0.05) is 103 Å². The molecule has 7 aromatic carbocycles. The highest BCUT2D eigenvalue weighted by Gasteiger charge is 2.50. The minimum Gasteiger partial charge on any atom is -0.457 e. The molecular weight excluding hydrogens is 538 g/mol. The second kappa shape index (κ2) is 8.62. The molecule has 1 aliphatic carbocycles. The second-order valence-electron chi connectivity index (χ2n) is 11.7. The molecule has 8 aromatic rings. The molecule has 0 saturated carbocycles. The van der Waals surface area contributed by atoms with Gasteiger partial charge in [0.05, 0.1) is 5.41 Å². The van der Waals surface area contributed by atoms with Crippen LogP contribution in [0.25, 0.3) is 43.8 Å². The summed E-state index contributed by atoms with van der Waals surface area (Å²) in [5.74, 6) is 1.75. The Bertz CT molecular complexity index is 2420. The van der Waals surface area contributed by atoms with Gasteiger partial charge in [0.25, 0.3) is 0 Å². The van der Waals surface area contributed by atoms with Gasteiger partial charge in [-0.25, -0.2) is 0 Å². The molecular formula is C41H25NO2. The molecule has 10 rings (SSSR count). The van der Waals surface area contributed by atoms with E-state index < -0.39 is 5.41 Å². The van der Waals surface area contributed by atoms with Crippen LogP contribution in [0.3, 0.4) is 0 Å². The van der Waals surface area contributed by atoms with Crippen LogP contribution in [0.1, 0.15) is 22.3 Å². The highest BCUT2D eigenvalue weighted by Crippen LogP contribution is 2.62. The van der Waals surface area contributed by atoms with Crippen LogP contribution in [-0.2, 0) is 5.41 Å². The summed E-state index contributed by atoms with van der Waals surface area (Å²) in [7, 11) is 0. The van der Waals surface area contributed by atoms with Crippen molar-refractivity contribution in [1.82, 2.24) is 0 Å². The van der Waals surface area contributed by atoms with Gasteiger partial charge in [-0.05, 0) is 69.4 Å². The summed E-state index contributed by atoms with van der Waals surface area (Å²) in [6, 6.07) is 51.7. The Balaban J connectivity index is 1.14. The molecule has 0 unspecified atom stereocenters. The average molecular weight is 564 g/mol. The zero-order valence-electron chi connectivity index (χ0n) is 23.7. The average Bonchev–Trinajstić information content (AvgIpc) is 3.59. The lowest BCUT2D eigenvalue weighted by Gasteiger charge is -2.39. The van der Waals surface area contributed by atoms with E-state index in [1.165, 1.54) is 38.6 Å². The van der Waals surface area contributed by atoms with E-state index >= 15 is 0 Å². The molecule has 0 radical (unpaired) electrons. The zero-order chi connectivity index (χ0) is 28.8. The number of fused-ring (bicyclic) bond motifs is 14. The molecule has 3 heteroatoms. The summed E-state index contributed by atoms with van der Waals surface area (Å²) in [5.41, 5.74) is 10.8. The van der Waals surface area contributed by atoms with Gasteiger partial charge in [0.2, 0.25) is 0 Å². The zero-order valence-corrected chi connectivity index (χ0v) is 23.7. The van der Waals surface area contributed by atoms with Gasteiger partial charge >= 0.3 is 0 Å². The van der Waals surface area contributed by atoms with E-state index in [0.717, 1.165) is 50.4 Å². The molecule has 0 amide bonds. The first-order valence-electron chi connectivity index (χ1n) is 15.0. The van der Waals surface area contributed by atoms with Crippen LogP contribution in [0.15, 0.2) is 150 Å². The fraction of sp³-hybridized carbons (Fsp3) is 0.0244. The first-order valence-corrected chi connectivity index (χ1v) is 15.0. The summed E-state index contributed by atoms with van der Waals surface area (Å²) < 4.78 is 12.9. The van der Waals surface area contributed by atoms with Crippen LogP contribution >= 0.6 is 0 Å². The minimum atomic E-state index is -0.453. The molecule has 1 aromatic heterocycles. The fourth-order valence-corrected chi connectivity index (χ4v) is 7.73. The molecule has 1 aliphatic heterocycles. The normalized spacial score (nSPS) is 13.8.